The van der Waals surface area contributed by atoms with Crippen LogP contribution in [0.2, 0.25) is 0 Å². The number of para-hydroxylation sites is 1. The number of aliphatic carboxylic acids is 1. The monoisotopic (exact) mass is 451 g/mol. The van der Waals surface area contributed by atoms with Crippen LogP contribution >= 0.6 is 11.8 Å². The molecule has 2 aromatic carbocycles. The molecule has 2 N–H and O–H groups in total. The normalized spacial score (nSPS) is 25.9. The number of nitrogens with zero attached hydrogens (tertiary/aromatic N) is 2. The van der Waals surface area contributed by atoms with Gasteiger partial charge in [-0.05, 0) is 30.5 Å². The minimum atomic E-state index is -0.962. The molecule has 0 radical (unpaired) electrons. The quantitative estimate of drug-likeness (QED) is 0.677. The van der Waals surface area contributed by atoms with Crippen molar-refractivity contribution in [3.05, 3.63) is 66.2 Å². The van der Waals surface area contributed by atoms with Crippen LogP contribution in [0, 0.1) is 0 Å². The van der Waals surface area contributed by atoms with Crippen molar-refractivity contribution < 1.29 is 19.5 Å². The summed E-state index contributed by atoms with van der Waals surface area (Å²) in [5.74, 6) is -1.48. The number of amides is 2. The molecule has 0 bridgehead atoms. The summed E-state index contributed by atoms with van der Waals surface area (Å²) in [5, 5.41) is 12.5. The lowest BCUT2D eigenvalue weighted by molar-refractivity contribution is -0.161. The number of benzene rings is 2. The van der Waals surface area contributed by atoms with Gasteiger partial charge in [0, 0.05) is 18.8 Å². The number of carbonyl (C=O) groups excluding carboxylic acids is 2. The summed E-state index contributed by atoms with van der Waals surface area (Å²) >= 11 is 1.56. The number of carboxylic acid groups (broad SMARTS) is 1. The smallest absolute Gasteiger partial charge is 0.327 e. The number of carbonyl (C=O) groups is 3. The summed E-state index contributed by atoms with van der Waals surface area (Å²) in [5.41, 5.74) is 2.00. The van der Waals surface area contributed by atoms with Gasteiger partial charge < -0.3 is 20.2 Å². The second-order valence-electron chi connectivity index (χ2n) is 8.59. The van der Waals surface area contributed by atoms with Crippen molar-refractivity contribution in [2.75, 3.05) is 18.0 Å². The largest absolute Gasteiger partial charge is 0.480 e. The van der Waals surface area contributed by atoms with Crippen LogP contribution in [-0.2, 0) is 20.8 Å². The Labute approximate surface area is 190 Å². The van der Waals surface area contributed by atoms with Gasteiger partial charge in [0.1, 0.15) is 17.5 Å². The van der Waals surface area contributed by atoms with Crippen LogP contribution in [0.4, 0.5) is 5.69 Å². The van der Waals surface area contributed by atoms with Crippen molar-refractivity contribution in [1.82, 2.24) is 10.2 Å². The first-order valence-electron chi connectivity index (χ1n) is 10.8. The van der Waals surface area contributed by atoms with E-state index in [0.29, 0.717) is 12.8 Å². The van der Waals surface area contributed by atoms with E-state index in [-0.39, 0.29) is 23.6 Å². The maximum absolute atomic E-state index is 12.9. The minimum absolute atomic E-state index is 0.196. The number of fused-ring (bicyclic) bond motifs is 1. The van der Waals surface area contributed by atoms with E-state index in [4.69, 9.17) is 0 Å². The standard InChI is InChI=1S/C24H25N3O4S/c28-18(15-16-7-3-1-4-8-16)25-19-21(29)27-20(23(30)31)24(32-22(19)27)11-13-26(14-12-24)17-9-5-2-6-10-17/h1-10,19-20,22H,11-15H2,(H,25,28)(H,30,31). The van der Waals surface area contributed by atoms with Crippen molar-refractivity contribution in [2.24, 2.45) is 0 Å². The molecule has 3 unspecified atom stereocenters. The molecule has 32 heavy (non-hydrogen) atoms. The Morgan fingerprint density at radius 3 is 2.28 bits per heavy atom. The summed E-state index contributed by atoms with van der Waals surface area (Å²) < 4.78 is -0.531. The van der Waals surface area contributed by atoms with Gasteiger partial charge >= 0.3 is 5.97 Å². The van der Waals surface area contributed by atoms with Crippen molar-refractivity contribution in [2.45, 2.75) is 41.5 Å². The van der Waals surface area contributed by atoms with Crippen LogP contribution in [0.1, 0.15) is 18.4 Å². The Morgan fingerprint density at radius 1 is 1.03 bits per heavy atom. The topological polar surface area (TPSA) is 90.0 Å². The van der Waals surface area contributed by atoms with Gasteiger partial charge in [-0.25, -0.2) is 4.79 Å². The van der Waals surface area contributed by atoms with Crippen molar-refractivity contribution in [1.29, 1.82) is 0 Å². The van der Waals surface area contributed by atoms with E-state index in [0.717, 1.165) is 24.3 Å². The van der Waals surface area contributed by atoms with Gasteiger partial charge in [-0.1, -0.05) is 48.5 Å². The fraction of sp³-hybridized carbons (Fsp3) is 0.375. The predicted molar refractivity (Wildman–Crippen MR) is 122 cm³/mol. The molecule has 1 spiro atoms. The second kappa shape index (κ2) is 8.16. The summed E-state index contributed by atoms with van der Waals surface area (Å²) in [7, 11) is 0. The van der Waals surface area contributed by atoms with Gasteiger partial charge in [0.2, 0.25) is 11.8 Å². The van der Waals surface area contributed by atoms with E-state index in [1.165, 1.54) is 4.90 Å². The Morgan fingerprint density at radius 2 is 1.66 bits per heavy atom. The number of thioether (sulfide) groups is 1. The Bertz CT molecular complexity index is 1020. The van der Waals surface area contributed by atoms with Crippen molar-refractivity contribution >= 4 is 35.2 Å². The van der Waals surface area contributed by atoms with Gasteiger partial charge in [-0.3, -0.25) is 9.59 Å². The SMILES string of the molecule is O=C(Cc1ccccc1)NC1C(=O)N2C1SC1(CCN(c3ccccc3)CC1)C2C(=O)O. The molecule has 3 aliphatic rings. The van der Waals surface area contributed by atoms with Crippen LogP contribution < -0.4 is 10.2 Å². The van der Waals surface area contributed by atoms with Crippen LogP contribution in [0.15, 0.2) is 60.7 Å². The molecular formula is C24H25N3O4S. The third-order valence-electron chi connectivity index (χ3n) is 6.70. The van der Waals surface area contributed by atoms with Crippen LogP contribution in [-0.4, -0.2) is 63.1 Å². The van der Waals surface area contributed by atoms with Crippen LogP contribution in [0.3, 0.4) is 0 Å². The number of rotatable bonds is 5. The number of β-lactam (4-membered cyclic amide) rings is 1. The summed E-state index contributed by atoms with van der Waals surface area (Å²) in [6.07, 6.45) is 1.55. The van der Waals surface area contributed by atoms with Crippen LogP contribution in [0.25, 0.3) is 0 Å². The lowest BCUT2D eigenvalue weighted by Crippen LogP contribution is -2.71. The molecular weight excluding hydrogens is 426 g/mol. The average Bonchev–Trinajstić information content (AvgIpc) is 3.10. The lowest BCUT2D eigenvalue weighted by Gasteiger charge is -2.44. The number of nitrogens with one attached hydrogen (secondary N) is 1. The molecule has 0 saturated carbocycles. The minimum Gasteiger partial charge on any atom is -0.480 e. The lowest BCUT2D eigenvalue weighted by atomic mass is 9.85. The van der Waals surface area contributed by atoms with E-state index in [9.17, 15) is 19.5 Å². The highest BCUT2D eigenvalue weighted by Crippen LogP contribution is 2.55. The third kappa shape index (κ3) is 3.52. The zero-order valence-electron chi connectivity index (χ0n) is 17.5. The summed E-state index contributed by atoms with van der Waals surface area (Å²) in [6, 6.07) is 17.9. The highest BCUT2D eigenvalue weighted by Gasteiger charge is 2.67. The van der Waals surface area contributed by atoms with Crippen LogP contribution in [0.5, 0.6) is 0 Å². The van der Waals surface area contributed by atoms with Crippen molar-refractivity contribution in [3.8, 4) is 0 Å². The highest BCUT2D eigenvalue weighted by atomic mass is 32.2. The van der Waals surface area contributed by atoms with Gasteiger partial charge in [0.25, 0.3) is 0 Å². The molecule has 0 aliphatic carbocycles. The first kappa shape index (κ1) is 20.9. The number of carboxylic acids is 1. The molecule has 166 valence electrons. The fourth-order valence-electron chi connectivity index (χ4n) is 5.10. The van der Waals surface area contributed by atoms with Gasteiger partial charge in [0.05, 0.1) is 11.2 Å². The third-order valence-corrected chi connectivity index (χ3v) is 8.54. The first-order chi connectivity index (χ1) is 15.5. The molecule has 5 rings (SSSR count). The average molecular weight is 452 g/mol. The zero-order chi connectivity index (χ0) is 22.3. The molecule has 3 fully saturated rings. The molecule has 3 atom stereocenters. The molecule has 7 nitrogen and oxygen atoms in total. The number of hydrogen-bond donors (Lipinski definition) is 2. The maximum atomic E-state index is 12.9. The van der Waals surface area contributed by atoms with Gasteiger partial charge in [-0.15, -0.1) is 11.8 Å². The zero-order valence-corrected chi connectivity index (χ0v) is 18.3. The number of hydrogen-bond acceptors (Lipinski definition) is 5. The Hall–Kier alpha value is -3.00. The maximum Gasteiger partial charge on any atom is 0.327 e. The summed E-state index contributed by atoms with van der Waals surface area (Å²) in [4.78, 5) is 41.4. The highest BCUT2D eigenvalue weighted by molar-refractivity contribution is 8.01. The molecule has 3 aliphatic heterocycles. The molecule has 3 heterocycles. The predicted octanol–water partition coefficient (Wildman–Crippen LogP) is 2.12. The van der Waals surface area contributed by atoms with Crippen molar-refractivity contribution in [3.63, 3.8) is 0 Å². The molecule has 2 aromatic rings. The van der Waals surface area contributed by atoms with Gasteiger partial charge in [-0.2, -0.15) is 0 Å². The second-order valence-corrected chi connectivity index (χ2v) is 10.1. The molecule has 2 amide bonds. The number of piperidine rings is 1. The van der Waals surface area contributed by atoms with E-state index < -0.39 is 22.8 Å². The molecule has 8 heteroatoms. The van der Waals surface area contributed by atoms with Gasteiger partial charge in [0.15, 0.2) is 0 Å². The van der Waals surface area contributed by atoms with E-state index in [2.05, 4.69) is 22.3 Å². The Balaban J connectivity index is 1.28. The van der Waals surface area contributed by atoms with E-state index in [1.807, 2.05) is 48.5 Å². The summed E-state index contributed by atoms with van der Waals surface area (Å²) in [6.45, 7) is 1.47. The van der Waals surface area contributed by atoms with E-state index >= 15 is 0 Å². The first-order valence-corrected chi connectivity index (χ1v) is 11.7. The fourth-order valence-corrected chi connectivity index (χ4v) is 7.00. The van der Waals surface area contributed by atoms with E-state index in [1.54, 1.807) is 11.8 Å². The molecule has 3 saturated heterocycles. The number of anilines is 1. The molecule has 0 aromatic heterocycles. The Kier molecular flexibility index (Phi) is 5.33.